The maximum Gasteiger partial charge on any atom is 0.405 e. The number of amides is 3. The van der Waals surface area contributed by atoms with E-state index in [9.17, 15) is 27.6 Å². The number of alkyl halides is 3. The van der Waals surface area contributed by atoms with Gasteiger partial charge in [0.05, 0.1) is 17.2 Å². The average Bonchev–Trinajstić information content (AvgIpc) is 2.48. The molecule has 1 aromatic heterocycles. The lowest BCUT2D eigenvalue weighted by atomic mass is 10.2. The van der Waals surface area contributed by atoms with Gasteiger partial charge in [-0.3, -0.25) is 19.5 Å². The van der Waals surface area contributed by atoms with Crippen molar-refractivity contribution in [2.45, 2.75) is 12.7 Å². The number of para-hydroxylation sites is 1. The number of nitrogens with zero attached hydrogens (tertiary/aromatic N) is 2. The minimum absolute atomic E-state index is 0.282. The van der Waals surface area contributed by atoms with Crippen molar-refractivity contribution >= 4 is 22.8 Å². The van der Waals surface area contributed by atoms with E-state index in [1.807, 2.05) is 0 Å². The van der Waals surface area contributed by atoms with E-state index in [1.165, 1.54) is 11.4 Å². The molecule has 1 heterocycles. The number of nitrogens with one attached hydrogen (secondary N) is 2. The number of urea groups is 1. The number of hydrogen-bond acceptors (Lipinski definition) is 4. The Bertz CT molecular complexity index is 801. The Morgan fingerprint density at radius 3 is 2.61 bits per heavy atom. The smallest absolute Gasteiger partial charge is 0.329 e. The van der Waals surface area contributed by atoms with Crippen LogP contribution in [0.15, 0.2) is 35.4 Å². The third-order valence-electron chi connectivity index (χ3n) is 2.75. The summed E-state index contributed by atoms with van der Waals surface area (Å²) in [6.45, 7) is -2.11. The highest BCUT2D eigenvalue weighted by atomic mass is 19.4. The monoisotopic (exact) mass is 328 g/mol. The lowest BCUT2D eigenvalue weighted by Gasteiger charge is -2.10. The number of rotatable bonds is 3. The van der Waals surface area contributed by atoms with Crippen LogP contribution in [0.2, 0.25) is 0 Å². The summed E-state index contributed by atoms with van der Waals surface area (Å²) < 4.78 is 36.7. The van der Waals surface area contributed by atoms with Gasteiger partial charge in [-0.05, 0) is 12.1 Å². The number of aromatic nitrogens is 2. The van der Waals surface area contributed by atoms with Crippen molar-refractivity contribution in [3.63, 3.8) is 0 Å². The highest BCUT2D eigenvalue weighted by Crippen LogP contribution is 2.11. The van der Waals surface area contributed by atoms with Crippen molar-refractivity contribution in [1.82, 2.24) is 20.2 Å². The first-order valence-electron chi connectivity index (χ1n) is 6.35. The summed E-state index contributed by atoms with van der Waals surface area (Å²) in [6.07, 6.45) is -3.46. The Morgan fingerprint density at radius 2 is 1.91 bits per heavy atom. The molecule has 3 amide bonds. The largest absolute Gasteiger partial charge is 0.405 e. The van der Waals surface area contributed by atoms with Crippen molar-refractivity contribution < 1.29 is 22.8 Å². The minimum atomic E-state index is -4.58. The summed E-state index contributed by atoms with van der Waals surface area (Å²) in [4.78, 5) is 38.8. The van der Waals surface area contributed by atoms with Gasteiger partial charge < -0.3 is 5.32 Å². The zero-order valence-corrected chi connectivity index (χ0v) is 11.6. The van der Waals surface area contributed by atoms with Crippen LogP contribution in [0.1, 0.15) is 0 Å². The molecule has 0 aliphatic carbocycles. The van der Waals surface area contributed by atoms with Crippen LogP contribution in [-0.4, -0.2) is 34.2 Å². The van der Waals surface area contributed by atoms with E-state index >= 15 is 0 Å². The molecule has 0 radical (unpaired) electrons. The van der Waals surface area contributed by atoms with Crippen molar-refractivity contribution in [2.75, 3.05) is 6.54 Å². The maximum atomic E-state index is 12.1. The summed E-state index contributed by atoms with van der Waals surface area (Å²) in [7, 11) is 0. The first-order valence-corrected chi connectivity index (χ1v) is 6.35. The Balaban J connectivity index is 2.02. The van der Waals surface area contributed by atoms with Gasteiger partial charge in [0.2, 0.25) is 5.91 Å². The SMILES string of the molecule is O=C(Cn1cnc2ccccc2c1=O)NC(=O)NCC(F)(F)F. The third kappa shape index (κ3) is 4.53. The molecule has 0 unspecified atom stereocenters. The fourth-order valence-corrected chi connectivity index (χ4v) is 1.76. The number of halogens is 3. The van der Waals surface area contributed by atoms with Gasteiger partial charge in [-0.15, -0.1) is 0 Å². The molecular formula is C13H11F3N4O3. The van der Waals surface area contributed by atoms with E-state index in [4.69, 9.17) is 0 Å². The standard InChI is InChI=1S/C13H11F3N4O3/c14-13(15,16)6-17-12(23)19-10(21)5-20-7-18-9-4-2-1-3-8(9)11(20)22/h1-4,7H,5-6H2,(H2,17,19,21,23). The van der Waals surface area contributed by atoms with Crippen LogP contribution in [-0.2, 0) is 11.3 Å². The van der Waals surface area contributed by atoms with Gasteiger partial charge >= 0.3 is 12.2 Å². The Labute approximate surface area is 127 Å². The molecule has 2 aromatic rings. The number of imide groups is 1. The fourth-order valence-electron chi connectivity index (χ4n) is 1.76. The van der Waals surface area contributed by atoms with Crippen LogP contribution in [0.25, 0.3) is 10.9 Å². The molecule has 2 N–H and O–H groups in total. The van der Waals surface area contributed by atoms with E-state index in [2.05, 4.69) is 4.98 Å². The fraction of sp³-hybridized carbons (Fsp3) is 0.231. The molecule has 0 aliphatic rings. The second kappa shape index (κ2) is 6.46. The lowest BCUT2D eigenvalue weighted by molar-refractivity contribution is -0.124. The number of carbonyl (C=O) groups excluding carboxylic acids is 2. The molecule has 0 saturated heterocycles. The second-order valence-corrected chi connectivity index (χ2v) is 4.54. The molecular weight excluding hydrogens is 317 g/mol. The van der Waals surface area contributed by atoms with Gasteiger partial charge in [0.25, 0.3) is 5.56 Å². The maximum absolute atomic E-state index is 12.1. The van der Waals surface area contributed by atoms with Gasteiger partial charge in [-0.1, -0.05) is 12.1 Å². The second-order valence-electron chi connectivity index (χ2n) is 4.54. The number of fused-ring (bicyclic) bond motifs is 1. The zero-order valence-electron chi connectivity index (χ0n) is 11.6. The van der Waals surface area contributed by atoms with E-state index in [0.717, 1.165) is 10.9 Å². The number of benzene rings is 1. The summed E-state index contributed by atoms with van der Waals surface area (Å²) in [5, 5.41) is 3.47. The molecule has 0 fully saturated rings. The summed E-state index contributed by atoms with van der Waals surface area (Å²) in [5.74, 6) is -0.941. The Morgan fingerprint density at radius 1 is 1.22 bits per heavy atom. The van der Waals surface area contributed by atoms with Crippen LogP contribution < -0.4 is 16.2 Å². The van der Waals surface area contributed by atoms with Gasteiger partial charge in [0.15, 0.2) is 0 Å². The molecule has 23 heavy (non-hydrogen) atoms. The molecule has 0 atom stereocenters. The predicted molar refractivity (Wildman–Crippen MR) is 73.6 cm³/mol. The molecule has 7 nitrogen and oxygen atoms in total. The van der Waals surface area contributed by atoms with E-state index in [0.29, 0.717) is 5.52 Å². The predicted octanol–water partition coefficient (Wildman–Crippen LogP) is 0.785. The van der Waals surface area contributed by atoms with Gasteiger partial charge in [-0.2, -0.15) is 13.2 Å². The molecule has 10 heteroatoms. The average molecular weight is 328 g/mol. The van der Waals surface area contributed by atoms with Gasteiger partial charge in [-0.25, -0.2) is 9.78 Å². The van der Waals surface area contributed by atoms with Gasteiger partial charge in [0, 0.05) is 0 Å². The van der Waals surface area contributed by atoms with Crippen molar-refractivity contribution in [3.8, 4) is 0 Å². The zero-order chi connectivity index (χ0) is 17.0. The Hall–Kier alpha value is -2.91. The normalized spacial score (nSPS) is 11.3. The molecule has 0 saturated carbocycles. The van der Waals surface area contributed by atoms with E-state index in [-0.39, 0.29) is 5.39 Å². The van der Waals surface area contributed by atoms with Crippen molar-refractivity contribution in [3.05, 3.63) is 40.9 Å². The quantitative estimate of drug-likeness (QED) is 0.871. The first kappa shape index (κ1) is 16.5. The van der Waals surface area contributed by atoms with Crippen LogP contribution in [0.5, 0.6) is 0 Å². The summed E-state index contributed by atoms with van der Waals surface area (Å²) in [6, 6.07) is 5.16. The van der Waals surface area contributed by atoms with Crippen molar-refractivity contribution in [2.24, 2.45) is 0 Å². The van der Waals surface area contributed by atoms with Crippen LogP contribution in [0.3, 0.4) is 0 Å². The molecule has 0 bridgehead atoms. The molecule has 2 rings (SSSR count). The van der Waals surface area contributed by atoms with Gasteiger partial charge in [0.1, 0.15) is 13.1 Å². The topological polar surface area (TPSA) is 93.1 Å². The Kier molecular flexibility index (Phi) is 4.63. The highest BCUT2D eigenvalue weighted by Gasteiger charge is 2.28. The molecule has 0 spiro atoms. The van der Waals surface area contributed by atoms with E-state index in [1.54, 1.807) is 23.5 Å². The molecule has 0 aliphatic heterocycles. The van der Waals surface area contributed by atoms with Crippen LogP contribution in [0, 0.1) is 0 Å². The number of carbonyl (C=O) groups is 2. The minimum Gasteiger partial charge on any atom is -0.329 e. The first-order chi connectivity index (χ1) is 10.8. The third-order valence-corrected chi connectivity index (χ3v) is 2.75. The summed E-state index contributed by atoms with van der Waals surface area (Å²) >= 11 is 0. The van der Waals surface area contributed by atoms with Crippen LogP contribution >= 0.6 is 0 Å². The van der Waals surface area contributed by atoms with Crippen molar-refractivity contribution in [1.29, 1.82) is 0 Å². The number of hydrogen-bond donors (Lipinski definition) is 2. The lowest BCUT2D eigenvalue weighted by Crippen LogP contribution is -2.45. The van der Waals surface area contributed by atoms with E-state index < -0.39 is 36.8 Å². The molecule has 1 aromatic carbocycles. The van der Waals surface area contributed by atoms with Crippen LogP contribution in [0.4, 0.5) is 18.0 Å². The highest BCUT2D eigenvalue weighted by molar-refractivity contribution is 5.94. The molecule has 122 valence electrons. The summed E-state index contributed by atoms with van der Waals surface area (Å²) in [5.41, 5.74) is -0.0569.